The number of carbonyl (C=O) groups excluding carboxylic acids is 1. The topological polar surface area (TPSA) is 68.8 Å². The summed E-state index contributed by atoms with van der Waals surface area (Å²) in [5.74, 6) is -0.190. The van der Waals surface area contributed by atoms with Crippen LogP contribution in [0.15, 0.2) is 46.2 Å². The Bertz CT molecular complexity index is 664. The standard InChI is InChI=1S/C13H8N4O/c14-5-9-3-1-2-4-11(9)13(18)17-7-10-6-15-16-12(10)8-17/h1-4,6-7H,8H2. The average molecular weight is 236 g/mol. The summed E-state index contributed by atoms with van der Waals surface area (Å²) >= 11 is 0. The van der Waals surface area contributed by atoms with Crippen LogP contribution in [0.1, 0.15) is 15.9 Å². The molecule has 0 saturated heterocycles. The zero-order chi connectivity index (χ0) is 12.5. The molecular weight excluding hydrogens is 228 g/mol. The van der Waals surface area contributed by atoms with Gasteiger partial charge in [0.05, 0.1) is 35.7 Å². The Kier molecular flexibility index (Phi) is 2.27. The molecule has 5 heteroatoms. The van der Waals surface area contributed by atoms with Crippen molar-refractivity contribution in [2.75, 3.05) is 6.54 Å². The molecule has 18 heavy (non-hydrogen) atoms. The molecule has 0 N–H and O–H groups in total. The summed E-state index contributed by atoms with van der Waals surface area (Å²) in [6.07, 6.45) is 3.34. The monoisotopic (exact) mass is 236 g/mol. The summed E-state index contributed by atoms with van der Waals surface area (Å²) < 4.78 is 0. The van der Waals surface area contributed by atoms with E-state index < -0.39 is 0 Å². The molecule has 2 heterocycles. The summed E-state index contributed by atoms with van der Waals surface area (Å²) in [6.45, 7) is 0.411. The van der Waals surface area contributed by atoms with Gasteiger partial charge in [0.15, 0.2) is 0 Å². The van der Waals surface area contributed by atoms with Crippen LogP contribution in [0.5, 0.6) is 0 Å². The molecule has 0 radical (unpaired) electrons. The highest BCUT2D eigenvalue weighted by atomic mass is 16.2. The molecule has 2 aliphatic heterocycles. The van der Waals surface area contributed by atoms with Crippen molar-refractivity contribution in [3.63, 3.8) is 0 Å². The lowest BCUT2D eigenvalue weighted by Gasteiger charge is -2.13. The van der Waals surface area contributed by atoms with Crippen molar-refractivity contribution in [1.82, 2.24) is 4.90 Å². The number of nitriles is 1. The largest absolute Gasteiger partial charge is 0.308 e. The summed E-state index contributed by atoms with van der Waals surface area (Å²) in [5.41, 5.74) is 2.44. The molecule has 2 aliphatic rings. The second-order valence-corrected chi connectivity index (χ2v) is 3.97. The van der Waals surface area contributed by atoms with Crippen LogP contribution in [0.4, 0.5) is 0 Å². The van der Waals surface area contributed by atoms with Gasteiger partial charge in [0, 0.05) is 11.8 Å². The first-order valence-electron chi connectivity index (χ1n) is 5.42. The number of rotatable bonds is 1. The molecule has 86 valence electrons. The van der Waals surface area contributed by atoms with Gasteiger partial charge >= 0.3 is 0 Å². The zero-order valence-electron chi connectivity index (χ0n) is 9.37. The summed E-state index contributed by atoms with van der Waals surface area (Å²) in [4.78, 5) is 13.8. The van der Waals surface area contributed by atoms with Crippen LogP contribution < -0.4 is 0 Å². The number of carbonyl (C=O) groups is 1. The van der Waals surface area contributed by atoms with E-state index in [9.17, 15) is 4.79 Å². The van der Waals surface area contributed by atoms with E-state index in [1.165, 1.54) is 0 Å². The maximum Gasteiger partial charge on any atom is 0.259 e. The normalized spacial score (nSPS) is 16.1. The third kappa shape index (κ3) is 1.52. The van der Waals surface area contributed by atoms with Crippen molar-refractivity contribution in [3.05, 3.63) is 47.2 Å². The lowest BCUT2D eigenvalue weighted by Crippen LogP contribution is -2.26. The van der Waals surface area contributed by atoms with Crippen LogP contribution >= 0.6 is 0 Å². The van der Waals surface area contributed by atoms with Gasteiger partial charge in [-0.15, -0.1) is 0 Å². The smallest absolute Gasteiger partial charge is 0.259 e. The van der Waals surface area contributed by atoms with Crippen LogP contribution in [0.3, 0.4) is 0 Å². The second kappa shape index (κ2) is 3.93. The van der Waals surface area contributed by atoms with E-state index in [0.29, 0.717) is 17.7 Å². The van der Waals surface area contributed by atoms with Gasteiger partial charge in [0.2, 0.25) is 0 Å². The minimum Gasteiger partial charge on any atom is -0.308 e. The minimum absolute atomic E-state index is 0.190. The summed E-state index contributed by atoms with van der Waals surface area (Å²) in [5, 5.41) is 16.7. The Hall–Kier alpha value is -2.74. The molecule has 0 aromatic heterocycles. The molecule has 3 rings (SSSR count). The molecule has 0 atom stereocenters. The number of benzene rings is 1. The van der Waals surface area contributed by atoms with Gasteiger partial charge in [0.1, 0.15) is 0 Å². The molecule has 0 aliphatic carbocycles. The van der Waals surface area contributed by atoms with Gasteiger partial charge < -0.3 is 4.90 Å². The summed E-state index contributed by atoms with van der Waals surface area (Å²) in [7, 11) is 0. The van der Waals surface area contributed by atoms with E-state index in [1.54, 1.807) is 41.6 Å². The Labute approximate surface area is 103 Å². The average Bonchev–Trinajstić information content (AvgIpc) is 2.98. The molecular formula is C13H8N4O. The van der Waals surface area contributed by atoms with Crippen LogP contribution in [0.2, 0.25) is 0 Å². The van der Waals surface area contributed by atoms with E-state index in [-0.39, 0.29) is 5.91 Å². The Morgan fingerprint density at radius 2 is 2.22 bits per heavy atom. The molecule has 0 saturated carbocycles. The van der Waals surface area contributed by atoms with Gasteiger partial charge in [-0.1, -0.05) is 12.1 Å². The number of hydrogen-bond acceptors (Lipinski definition) is 4. The maximum absolute atomic E-state index is 12.3. The molecule has 1 aromatic rings. The van der Waals surface area contributed by atoms with Crippen molar-refractivity contribution in [1.29, 1.82) is 5.26 Å². The third-order valence-corrected chi connectivity index (χ3v) is 2.86. The number of amides is 1. The van der Waals surface area contributed by atoms with E-state index >= 15 is 0 Å². The summed E-state index contributed by atoms with van der Waals surface area (Å²) in [6, 6.07) is 8.80. The van der Waals surface area contributed by atoms with Gasteiger partial charge in [0.25, 0.3) is 5.91 Å². The maximum atomic E-state index is 12.3. The Morgan fingerprint density at radius 3 is 3.00 bits per heavy atom. The molecule has 5 nitrogen and oxygen atoms in total. The predicted molar refractivity (Wildman–Crippen MR) is 66.2 cm³/mol. The predicted octanol–water partition coefficient (Wildman–Crippen LogP) is 1.34. The van der Waals surface area contributed by atoms with Gasteiger partial charge in [-0.05, 0) is 12.1 Å². The van der Waals surface area contributed by atoms with E-state index in [4.69, 9.17) is 5.26 Å². The molecule has 1 aromatic carbocycles. The number of hydrogen-bond donors (Lipinski definition) is 0. The van der Waals surface area contributed by atoms with Crippen molar-refractivity contribution in [3.8, 4) is 6.07 Å². The van der Waals surface area contributed by atoms with Crippen molar-refractivity contribution in [2.45, 2.75) is 0 Å². The second-order valence-electron chi connectivity index (χ2n) is 3.97. The van der Waals surface area contributed by atoms with Crippen molar-refractivity contribution >= 4 is 17.8 Å². The SMILES string of the molecule is N#Cc1ccccc1C(=O)N1C=C2C=NN=C2C1. The molecule has 1 amide bonds. The molecule has 0 spiro atoms. The van der Waals surface area contributed by atoms with Crippen LogP contribution in [-0.4, -0.2) is 29.3 Å². The van der Waals surface area contributed by atoms with Gasteiger partial charge in [-0.3, -0.25) is 4.79 Å². The lowest BCUT2D eigenvalue weighted by molar-refractivity contribution is 0.0842. The van der Waals surface area contributed by atoms with Crippen LogP contribution in [0.25, 0.3) is 0 Å². The molecule has 0 fully saturated rings. The highest BCUT2D eigenvalue weighted by molar-refractivity contribution is 6.22. The van der Waals surface area contributed by atoms with E-state index in [1.807, 2.05) is 6.07 Å². The fourth-order valence-electron chi connectivity index (χ4n) is 1.95. The fraction of sp³-hybridized carbons (Fsp3) is 0.0769. The van der Waals surface area contributed by atoms with Crippen molar-refractivity contribution in [2.24, 2.45) is 10.2 Å². The Morgan fingerprint density at radius 1 is 1.39 bits per heavy atom. The molecule has 0 bridgehead atoms. The van der Waals surface area contributed by atoms with Gasteiger partial charge in [-0.2, -0.15) is 15.5 Å². The van der Waals surface area contributed by atoms with Gasteiger partial charge in [-0.25, -0.2) is 0 Å². The number of nitrogens with zero attached hydrogens (tertiary/aromatic N) is 4. The Balaban J connectivity index is 1.93. The fourth-order valence-corrected chi connectivity index (χ4v) is 1.95. The quantitative estimate of drug-likeness (QED) is 0.738. The first kappa shape index (κ1) is 10.4. The highest BCUT2D eigenvalue weighted by Crippen LogP contribution is 2.19. The van der Waals surface area contributed by atoms with E-state index in [0.717, 1.165) is 11.3 Å². The molecule has 0 unspecified atom stereocenters. The zero-order valence-corrected chi connectivity index (χ0v) is 9.37. The van der Waals surface area contributed by atoms with Crippen LogP contribution in [0, 0.1) is 11.3 Å². The van der Waals surface area contributed by atoms with Crippen molar-refractivity contribution < 1.29 is 4.79 Å². The van der Waals surface area contributed by atoms with E-state index in [2.05, 4.69) is 10.2 Å². The first-order valence-corrected chi connectivity index (χ1v) is 5.42. The lowest BCUT2D eigenvalue weighted by atomic mass is 10.1. The highest BCUT2D eigenvalue weighted by Gasteiger charge is 2.27. The first-order chi connectivity index (χ1) is 8.79. The number of fused-ring (bicyclic) bond motifs is 1. The minimum atomic E-state index is -0.190. The third-order valence-electron chi connectivity index (χ3n) is 2.86. The van der Waals surface area contributed by atoms with Crippen LogP contribution in [-0.2, 0) is 0 Å².